The normalized spacial score (nSPS) is 10.2. The van der Waals surface area contributed by atoms with Crippen LogP contribution < -0.4 is 0 Å². The van der Waals surface area contributed by atoms with E-state index < -0.39 is 0 Å². The number of hydrogen-bond acceptors (Lipinski definition) is 8. The van der Waals surface area contributed by atoms with E-state index in [9.17, 15) is 0 Å². The fourth-order valence-electron chi connectivity index (χ4n) is 0.0664. The minimum absolute atomic E-state index is 1.24. The summed E-state index contributed by atoms with van der Waals surface area (Å²) in [5, 5.41) is 0. The van der Waals surface area contributed by atoms with Gasteiger partial charge in [-0.05, 0) is 21.4 Å². The number of hydrogen-bond donors (Lipinski definition) is 0. The van der Waals surface area contributed by atoms with Crippen molar-refractivity contribution in [3.8, 4) is 0 Å². The van der Waals surface area contributed by atoms with Gasteiger partial charge in [0.25, 0.3) is 0 Å². The zero-order valence-corrected chi connectivity index (χ0v) is 12.1. The second kappa shape index (κ2) is 12.4. The van der Waals surface area contributed by atoms with Gasteiger partial charge in [0.1, 0.15) is 0 Å². The molecule has 10 heavy (non-hydrogen) atoms. The molecule has 0 rings (SSSR count). The largest absolute Gasteiger partial charge is 0.0309 e. The zero-order valence-electron chi connectivity index (χ0n) is 4.02. The van der Waals surface area contributed by atoms with E-state index in [-0.39, 0.29) is 0 Å². The molecule has 10 heteroatoms. The Hall–Kier alpha value is 3.38. The minimum Gasteiger partial charge on any atom is -0.0309 e. The van der Waals surface area contributed by atoms with Gasteiger partial charge in [0.05, 0.1) is 0 Å². The summed E-state index contributed by atoms with van der Waals surface area (Å²) in [5.41, 5.74) is 0. The minimum atomic E-state index is 1.24. The quantitative estimate of drug-likeness (QED) is 0.376. The van der Waals surface area contributed by atoms with Crippen molar-refractivity contribution < 1.29 is 0 Å². The van der Waals surface area contributed by atoms with Crippen LogP contribution in [-0.2, 0) is 0 Å². The van der Waals surface area contributed by atoms with Crippen LogP contribution >= 0.6 is 100 Å². The molecule has 0 bridgehead atoms. The van der Waals surface area contributed by atoms with Gasteiger partial charge >= 0.3 is 0 Å². The lowest BCUT2D eigenvalue weighted by Gasteiger charge is -1.92. The van der Waals surface area contributed by atoms with Gasteiger partial charge in [-0.3, -0.25) is 0 Å². The zero-order chi connectivity index (χ0) is 7.66. The number of rotatable bonds is 7. The lowest BCUT2D eigenvalue weighted by molar-refractivity contribution is 5.27. The molecule has 0 saturated carbocycles. The van der Waals surface area contributed by atoms with Crippen molar-refractivity contribution >= 4 is 100 Å². The molecule has 0 fully saturated rings. The Kier molecular flexibility index (Phi) is 16.6. The molecule has 0 heterocycles. The molecule has 62 valence electrons. The van der Waals surface area contributed by atoms with Crippen LogP contribution in [-0.4, -0.2) is 0 Å². The van der Waals surface area contributed by atoms with Crippen molar-refractivity contribution in [2.45, 2.75) is 0 Å². The Morgan fingerprint density at radius 1 is 0.500 bits per heavy atom. The maximum absolute atomic E-state index is 5.34. The third-order valence-electron chi connectivity index (χ3n) is 0.190. The van der Waals surface area contributed by atoms with Crippen LogP contribution in [0.2, 0.25) is 0 Å². The Bertz CT molecular complexity index is 47.2. The average molecular weight is 327 g/mol. The SMILES string of the molecule is ClSSSSSSSSCl. The van der Waals surface area contributed by atoms with Gasteiger partial charge < -0.3 is 0 Å². The Labute approximate surface area is 98.8 Å². The lowest BCUT2D eigenvalue weighted by atomic mass is 30.2. The molecule has 0 aromatic rings. The van der Waals surface area contributed by atoms with Gasteiger partial charge in [-0.2, -0.15) is 0 Å². The van der Waals surface area contributed by atoms with Gasteiger partial charge in [0.15, 0.2) is 0 Å². The van der Waals surface area contributed by atoms with E-state index >= 15 is 0 Å². The second-order valence-electron chi connectivity index (χ2n) is 0.534. The topological polar surface area (TPSA) is 0 Å². The first kappa shape index (κ1) is 13.4. The molecule has 0 amide bonds. The molecule has 0 atom stereocenters. The lowest BCUT2D eigenvalue weighted by Crippen LogP contribution is -1.27. The van der Waals surface area contributed by atoms with E-state index in [0.29, 0.717) is 0 Å². The summed E-state index contributed by atoms with van der Waals surface area (Å²) >= 11 is 0. The highest BCUT2D eigenvalue weighted by Crippen LogP contribution is 2.57. The van der Waals surface area contributed by atoms with Gasteiger partial charge in [0, 0.05) is 79.0 Å². The first-order valence-corrected chi connectivity index (χ1v) is 13.3. The summed E-state index contributed by atoms with van der Waals surface area (Å²) < 4.78 is 0. The molecular formula is Cl2S8. The van der Waals surface area contributed by atoms with Crippen LogP contribution in [0.15, 0.2) is 0 Å². The van der Waals surface area contributed by atoms with Crippen molar-refractivity contribution in [1.29, 1.82) is 0 Å². The van der Waals surface area contributed by atoms with Crippen LogP contribution in [0.1, 0.15) is 0 Å². The van der Waals surface area contributed by atoms with Crippen LogP contribution in [0.25, 0.3) is 0 Å². The van der Waals surface area contributed by atoms with Crippen molar-refractivity contribution in [3.63, 3.8) is 0 Å². The second-order valence-corrected chi connectivity index (χ2v) is 14.4. The summed E-state index contributed by atoms with van der Waals surface area (Å²) in [7, 11) is 22.9. The Morgan fingerprint density at radius 3 is 1.10 bits per heavy atom. The first-order chi connectivity index (χ1) is 4.91. The molecule has 0 aromatic carbocycles. The summed E-state index contributed by atoms with van der Waals surface area (Å²) in [5.74, 6) is 0. The van der Waals surface area contributed by atoms with Gasteiger partial charge in [-0.25, -0.2) is 0 Å². The predicted octanol–water partition coefficient (Wildman–Crippen LogP) is 6.56. The third-order valence-corrected chi connectivity index (χ3v) is 15.4. The average Bonchev–Trinajstić information content (AvgIpc) is 1.97. The van der Waals surface area contributed by atoms with E-state index in [1.54, 1.807) is 59.0 Å². The van der Waals surface area contributed by atoms with E-state index in [2.05, 4.69) is 0 Å². The van der Waals surface area contributed by atoms with Crippen molar-refractivity contribution in [1.82, 2.24) is 0 Å². The summed E-state index contributed by atoms with van der Waals surface area (Å²) in [4.78, 5) is 0. The highest BCUT2D eigenvalue weighted by Gasteiger charge is 1.93. The van der Waals surface area contributed by atoms with Gasteiger partial charge in [-0.15, -0.1) is 0 Å². The van der Waals surface area contributed by atoms with Gasteiger partial charge in [0.2, 0.25) is 0 Å². The molecule has 0 aromatic heterocycles. The van der Waals surface area contributed by atoms with E-state index in [0.717, 1.165) is 0 Å². The molecule has 0 aliphatic heterocycles. The molecule has 0 unspecified atom stereocenters. The standard InChI is InChI=1S/Cl2S8/c1-3-5-7-9-10-8-6-4-2. The monoisotopic (exact) mass is 326 g/mol. The van der Waals surface area contributed by atoms with E-state index in [1.165, 1.54) is 20.0 Å². The van der Waals surface area contributed by atoms with Crippen LogP contribution in [0.5, 0.6) is 0 Å². The van der Waals surface area contributed by atoms with Crippen molar-refractivity contribution in [3.05, 3.63) is 0 Å². The van der Waals surface area contributed by atoms with Crippen LogP contribution in [0.4, 0.5) is 0 Å². The highest BCUT2D eigenvalue weighted by molar-refractivity contribution is 9.49. The maximum Gasteiger partial charge on any atom is 0.0261 e. The molecule has 0 aliphatic carbocycles. The van der Waals surface area contributed by atoms with Crippen molar-refractivity contribution in [2.24, 2.45) is 0 Å². The molecule has 0 aliphatic rings. The predicted molar refractivity (Wildman–Crippen MR) is 72.4 cm³/mol. The molecule has 0 nitrogen and oxygen atoms in total. The Morgan fingerprint density at radius 2 is 0.800 bits per heavy atom. The highest BCUT2D eigenvalue weighted by atomic mass is 35.8. The third kappa shape index (κ3) is 11.4. The molecular weight excluding hydrogens is 327 g/mol. The Balaban J connectivity index is 2.65. The summed E-state index contributed by atoms with van der Waals surface area (Å²) in [6.07, 6.45) is 0. The fourth-order valence-corrected chi connectivity index (χ4v) is 16.1. The molecule has 0 saturated heterocycles. The number of halogens is 2. The van der Waals surface area contributed by atoms with E-state index in [1.807, 2.05) is 0 Å². The maximum atomic E-state index is 5.34. The summed E-state index contributed by atoms with van der Waals surface area (Å²) in [6.45, 7) is 0. The van der Waals surface area contributed by atoms with E-state index in [4.69, 9.17) is 21.4 Å². The van der Waals surface area contributed by atoms with Crippen LogP contribution in [0, 0.1) is 0 Å². The summed E-state index contributed by atoms with van der Waals surface area (Å²) in [6, 6.07) is 0. The molecule has 0 spiro atoms. The van der Waals surface area contributed by atoms with Crippen molar-refractivity contribution in [2.75, 3.05) is 0 Å². The molecule has 0 N–H and O–H groups in total. The smallest absolute Gasteiger partial charge is 0.0261 e. The molecule has 0 radical (unpaired) electrons. The first-order valence-electron chi connectivity index (χ1n) is 1.48. The fraction of sp³-hybridized carbons (Fsp3) is 0. The van der Waals surface area contributed by atoms with Crippen LogP contribution in [0.3, 0.4) is 0 Å². The van der Waals surface area contributed by atoms with Gasteiger partial charge in [-0.1, -0.05) is 0 Å².